The van der Waals surface area contributed by atoms with E-state index in [9.17, 15) is 4.79 Å². The summed E-state index contributed by atoms with van der Waals surface area (Å²) in [6, 6.07) is 17.2. The summed E-state index contributed by atoms with van der Waals surface area (Å²) >= 11 is 1.76. The van der Waals surface area contributed by atoms with Crippen LogP contribution in [0.5, 0.6) is 0 Å². The van der Waals surface area contributed by atoms with Gasteiger partial charge >= 0.3 is 5.97 Å². The topological polar surface area (TPSA) is 39.4 Å². The molecule has 3 rings (SSSR count). The molecular weight excluding hydrogens is 428 g/mol. The van der Waals surface area contributed by atoms with Crippen molar-refractivity contribution in [2.75, 3.05) is 0 Å². The predicted octanol–water partition coefficient (Wildman–Crippen LogP) is 8.60. The van der Waals surface area contributed by atoms with Gasteiger partial charge in [0.05, 0.1) is 0 Å². The number of aryl methyl sites for hydroxylation is 1. The van der Waals surface area contributed by atoms with Gasteiger partial charge in [-0.3, -0.25) is 0 Å². The van der Waals surface area contributed by atoms with Gasteiger partial charge in [0, 0.05) is 26.7 Å². The largest absolute Gasteiger partial charge is 0.456 e. The highest BCUT2D eigenvalue weighted by Gasteiger charge is 2.26. The number of furan rings is 1. The average Bonchev–Trinajstić information content (AvgIpc) is 3.17. The molecule has 3 aromatic rings. The summed E-state index contributed by atoms with van der Waals surface area (Å²) in [4.78, 5) is 13.0. The van der Waals surface area contributed by atoms with E-state index in [1.807, 2.05) is 13.8 Å². The van der Waals surface area contributed by atoms with E-state index in [2.05, 4.69) is 69.0 Å². The molecule has 0 N–H and O–H groups in total. The van der Waals surface area contributed by atoms with Crippen LogP contribution in [0.15, 0.2) is 70.0 Å². The number of carbonyl (C=O) groups is 1. The number of esters is 1. The summed E-state index contributed by atoms with van der Waals surface area (Å²) in [6.45, 7) is 13.6. The zero-order chi connectivity index (χ0) is 24.0. The minimum absolute atomic E-state index is 0.269. The Hall–Kier alpha value is -2.46. The van der Waals surface area contributed by atoms with Crippen molar-refractivity contribution in [1.29, 1.82) is 0 Å². The first-order valence-corrected chi connectivity index (χ1v) is 12.7. The Bertz CT molecular complexity index is 1090. The second-order valence-electron chi connectivity index (χ2n) is 9.53. The first kappa shape index (κ1) is 25.2. The van der Waals surface area contributed by atoms with Gasteiger partial charge in [-0.15, -0.1) is 11.8 Å². The Balaban J connectivity index is 1.66. The third-order valence-electron chi connectivity index (χ3n) is 5.63. The SMILES string of the molecule is C=C(C)C(=O)OC(C)(C)CC(C)Sc1ccc2cc(-c3ccc(CCCCC)cc3)oc2c1. The number of thioether (sulfide) groups is 1. The zero-order valence-electron chi connectivity index (χ0n) is 20.6. The van der Waals surface area contributed by atoms with Crippen molar-refractivity contribution in [3.63, 3.8) is 0 Å². The maximum Gasteiger partial charge on any atom is 0.333 e. The minimum atomic E-state index is -0.549. The molecule has 0 spiro atoms. The van der Waals surface area contributed by atoms with E-state index in [0.717, 1.165) is 40.0 Å². The highest BCUT2D eigenvalue weighted by atomic mass is 32.2. The Labute approximate surface area is 202 Å². The van der Waals surface area contributed by atoms with Crippen LogP contribution in [0, 0.1) is 0 Å². The Kier molecular flexibility index (Phi) is 8.47. The molecule has 0 saturated carbocycles. The maximum atomic E-state index is 11.9. The molecule has 0 amide bonds. The predicted molar refractivity (Wildman–Crippen MR) is 140 cm³/mol. The van der Waals surface area contributed by atoms with Crippen LogP contribution in [-0.2, 0) is 16.0 Å². The summed E-state index contributed by atoms with van der Waals surface area (Å²) in [6.07, 6.45) is 5.64. The molecule has 0 radical (unpaired) electrons. The first-order chi connectivity index (χ1) is 15.7. The van der Waals surface area contributed by atoms with Crippen molar-refractivity contribution in [3.8, 4) is 11.3 Å². The van der Waals surface area contributed by atoms with Gasteiger partial charge in [0.1, 0.15) is 16.9 Å². The van der Waals surface area contributed by atoms with Crippen molar-refractivity contribution in [1.82, 2.24) is 0 Å². The third-order valence-corrected chi connectivity index (χ3v) is 6.73. The number of carbonyl (C=O) groups excluding carboxylic acids is 1. The molecule has 1 unspecified atom stereocenters. The summed E-state index contributed by atoms with van der Waals surface area (Å²) < 4.78 is 11.8. The van der Waals surface area contributed by atoms with Gasteiger partial charge in [0.25, 0.3) is 0 Å². The van der Waals surface area contributed by atoms with Crippen LogP contribution in [0.3, 0.4) is 0 Å². The van der Waals surface area contributed by atoms with Gasteiger partial charge in [-0.2, -0.15) is 0 Å². The van der Waals surface area contributed by atoms with E-state index in [1.54, 1.807) is 18.7 Å². The quantitative estimate of drug-likeness (QED) is 0.123. The lowest BCUT2D eigenvalue weighted by molar-refractivity contribution is -0.151. The monoisotopic (exact) mass is 464 g/mol. The fourth-order valence-electron chi connectivity index (χ4n) is 3.99. The molecule has 1 heterocycles. The Morgan fingerprint density at radius 3 is 2.52 bits per heavy atom. The number of hydrogen-bond donors (Lipinski definition) is 0. The molecule has 4 heteroatoms. The third kappa shape index (κ3) is 7.26. The molecule has 0 bridgehead atoms. The molecule has 1 atom stereocenters. The van der Waals surface area contributed by atoms with Crippen LogP contribution in [0.2, 0.25) is 0 Å². The van der Waals surface area contributed by atoms with E-state index < -0.39 is 5.60 Å². The van der Waals surface area contributed by atoms with Gasteiger partial charge in [-0.25, -0.2) is 4.79 Å². The number of ether oxygens (including phenoxy) is 1. The van der Waals surface area contributed by atoms with Crippen LogP contribution in [-0.4, -0.2) is 16.8 Å². The summed E-state index contributed by atoms with van der Waals surface area (Å²) in [5.41, 5.74) is 3.25. The molecule has 0 aliphatic rings. The fourth-order valence-corrected chi connectivity index (χ4v) is 5.26. The lowest BCUT2D eigenvalue weighted by Crippen LogP contribution is -2.31. The van der Waals surface area contributed by atoms with Crippen molar-refractivity contribution in [3.05, 3.63) is 66.2 Å². The van der Waals surface area contributed by atoms with E-state index in [1.165, 1.54) is 24.8 Å². The Morgan fingerprint density at radius 2 is 1.85 bits per heavy atom. The molecule has 0 saturated heterocycles. The number of benzene rings is 2. The van der Waals surface area contributed by atoms with Gasteiger partial charge < -0.3 is 9.15 Å². The molecule has 33 heavy (non-hydrogen) atoms. The van der Waals surface area contributed by atoms with Gasteiger partial charge in [-0.1, -0.05) is 57.5 Å². The van der Waals surface area contributed by atoms with Gasteiger partial charge in [-0.05, 0) is 69.9 Å². The van der Waals surface area contributed by atoms with E-state index in [0.29, 0.717) is 5.57 Å². The van der Waals surface area contributed by atoms with Gasteiger partial charge in [0.2, 0.25) is 0 Å². The molecule has 0 aliphatic carbocycles. The number of unbranched alkanes of at least 4 members (excludes halogenated alkanes) is 2. The lowest BCUT2D eigenvalue weighted by atomic mass is 10.0. The molecular formula is C29H36O3S. The van der Waals surface area contributed by atoms with Crippen LogP contribution in [0.4, 0.5) is 0 Å². The Morgan fingerprint density at radius 1 is 1.12 bits per heavy atom. The van der Waals surface area contributed by atoms with E-state index >= 15 is 0 Å². The van der Waals surface area contributed by atoms with E-state index in [-0.39, 0.29) is 11.2 Å². The first-order valence-electron chi connectivity index (χ1n) is 11.9. The van der Waals surface area contributed by atoms with E-state index in [4.69, 9.17) is 9.15 Å². The van der Waals surface area contributed by atoms with Crippen molar-refractivity contribution in [2.24, 2.45) is 0 Å². The standard InChI is InChI=1S/C29H36O3S/c1-7-8-9-10-22-11-13-23(14-12-22)26-17-24-15-16-25(18-27(24)31-26)33-21(4)19-29(5,6)32-28(30)20(2)3/h11-18,21H,2,7-10,19H2,1,3-6H3. The van der Waals surface area contributed by atoms with Crippen molar-refractivity contribution in [2.45, 2.75) is 82.5 Å². The van der Waals surface area contributed by atoms with Crippen molar-refractivity contribution < 1.29 is 13.9 Å². The molecule has 0 aliphatic heterocycles. The summed E-state index contributed by atoms with van der Waals surface area (Å²) in [7, 11) is 0. The summed E-state index contributed by atoms with van der Waals surface area (Å²) in [5, 5.41) is 1.37. The summed E-state index contributed by atoms with van der Waals surface area (Å²) in [5.74, 6) is 0.559. The van der Waals surface area contributed by atoms with Crippen LogP contribution in [0.1, 0.15) is 65.9 Å². The fraction of sp³-hybridized carbons (Fsp3) is 0.414. The van der Waals surface area contributed by atoms with Gasteiger partial charge in [0.15, 0.2) is 0 Å². The molecule has 1 aromatic heterocycles. The smallest absolute Gasteiger partial charge is 0.333 e. The molecule has 3 nitrogen and oxygen atoms in total. The number of rotatable bonds is 11. The second kappa shape index (κ2) is 11.1. The minimum Gasteiger partial charge on any atom is -0.456 e. The molecule has 0 fully saturated rings. The van der Waals surface area contributed by atoms with Crippen molar-refractivity contribution >= 4 is 28.7 Å². The lowest BCUT2D eigenvalue weighted by Gasteiger charge is -2.28. The molecule has 2 aromatic carbocycles. The van der Waals surface area contributed by atoms with Crippen LogP contribution < -0.4 is 0 Å². The van der Waals surface area contributed by atoms with Crippen LogP contribution >= 0.6 is 11.8 Å². The number of hydrogen-bond acceptors (Lipinski definition) is 4. The zero-order valence-corrected chi connectivity index (χ0v) is 21.4. The molecule has 176 valence electrons. The average molecular weight is 465 g/mol. The number of fused-ring (bicyclic) bond motifs is 1. The highest BCUT2D eigenvalue weighted by molar-refractivity contribution is 8.00. The van der Waals surface area contributed by atoms with Crippen LogP contribution in [0.25, 0.3) is 22.3 Å². The normalized spacial score (nSPS) is 12.6. The maximum absolute atomic E-state index is 11.9. The second-order valence-corrected chi connectivity index (χ2v) is 11.0. The highest BCUT2D eigenvalue weighted by Crippen LogP contribution is 2.34.